The van der Waals surface area contributed by atoms with Crippen molar-refractivity contribution in [1.82, 2.24) is 24.4 Å². The molecule has 1 saturated heterocycles. The summed E-state index contributed by atoms with van der Waals surface area (Å²) in [6, 6.07) is 5.66. The van der Waals surface area contributed by atoms with Crippen molar-refractivity contribution < 1.29 is 32.3 Å². The molecule has 4 rings (SSSR count). The van der Waals surface area contributed by atoms with Crippen LogP contribution in [0.3, 0.4) is 0 Å². The Balaban J connectivity index is 1.70. The fraction of sp³-hybridized carbons (Fsp3) is 0.417. The third-order valence-corrected chi connectivity index (χ3v) is 6.05. The van der Waals surface area contributed by atoms with Gasteiger partial charge in [-0.25, -0.2) is 13.9 Å². The molecule has 2 aromatic heterocycles. The molecule has 1 aromatic carbocycles. The van der Waals surface area contributed by atoms with E-state index in [1.54, 1.807) is 13.8 Å². The number of halogens is 4. The highest BCUT2D eigenvalue weighted by Crippen LogP contribution is 2.35. The van der Waals surface area contributed by atoms with E-state index < -0.39 is 46.2 Å². The Morgan fingerprint density at radius 1 is 1.08 bits per heavy atom. The molecule has 3 aromatic rings. The number of hydrogen-bond donors (Lipinski definition) is 1. The van der Waals surface area contributed by atoms with E-state index in [4.69, 9.17) is 0 Å². The number of carbonyl (C=O) groups excluding carboxylic acids is 2. The summed E-state index contributed by atoms with van der Waals surface area (Å²) in [5.41, 5.74) is -4.12. The van der Waals surface area contributed by atoms with Gasteiger partial charge in [0.25, 0.3) is 11.8 Å². The van der Waals surface area contributed by atoms with Gasteiger partial charge in [0.1, 0.15) is 22.7 Å². The van der Waals surface area contributed by atoms with Gasteiger partial charge in [0.2, 0.25) is 0 Å². The van der Waals surface area contributed by atoms with Crippen LogP contribution in [0.25, 0.3) is 16.9 Å². The third kappa shape index (κ3) is 4.77. The van der Waals surface area contributed by atoms with Gasteiger partial charge in [0.15, 0.2) is 5.65 Å². The average molecular weight is 507 g/mol. The minimum absolute atomic E-state index is 0.0645. The molecule has 1 N–H and O–H groups in total. The van der Waals surface area contributed by atoms with E-state index in [1.807, 2.05) is 0 Å². The number of carbonyl (C=O) groups is 2. The maximum atomic E-state index is 13.9. The minimum atomic E-state index is -4.78. The van der Waals surface area contributed by atoms with Crippen molar-refractivity contribution >= 4 is 17.5 Å². The number of aromatic nitrogens is 3. The SMILES string of the molecule is CC(C)(O)C(=O)N1CCN(C(=O)c2cn3nc(-c4ccc(F)cc4)cc(C(F)(F)F)c3n2)C(C)(C)C1. The standard InChI is InChI=1S/C24H25F4N5O3/c1-22(2)13-31(21(35)23(3,4)36)9-10-32(22)20(34)18-12-33-19(29-18)16(24(26,27)28)11-17(30-33)14-5-7-15(25)8-6-14/h5-8,11-12,36H,9-10,13H2,1-4H3. The molecule has 1 aliphatic rings. The highest BCUT2D eigenvalue weighted by atomic mass is 19.4. The quantitative estimate of drug-likeness (QED) is 0.549. The van der Waals surface area contributed by atoms with Crippen LogP contribution in [0.5, 0.6) is 0 Å². The maximum Gasteiger partial charge on any atom is 0.420 e. The van der Waals surface area contributed by atoms with E-state index >= 15 is 0 Å². The number of rotatable bonds is 3. The fourth-order valence-corrected chi connectivity index (χ4v) is 4.28. The molecule has 8 nitrogen and oxygen atoms in total. The Labute approximate surface area is 204 Å². The molecule has 2 amide bonds. The predicted octanol–water partition coefficient (Wildman–Crippen LogP) is 3.39. The Morgan fingerprint density at radius 2 is 1.72 bits per heavy atom. The number of piperazine rings is 1. The van der Waals surface area contributed by atoms with Crippen LogP contribution in [0.15, 0.2) is 36.5 Å². The highest BCUT2D eigenvalue weighted by Gasteiger charge is 2.42. The zero-order valence-corrected chi connectivity index (χ0v) is 20.1. The lowest BCUT2D eigenvalue weighted by Crippen LogP contribution is -2.64. The van der Waals surface area contributed by atoms with Crippen molar-refractivity contribution in [2.45, 2.75) is 45.0 Å². The summed E-state index contributed by atoms with van der Waals surface area (Å²) in [5.74, 6) is -1.64. The van der Waals surface area contributed by atoms with Crippen molar-refractivity contribution in [2.75, 3.05) is 19.6 Å². The molecule has 192 valence electrons. The van der Waals surface area contributed by atoms with Gasteiger partial charge < -0.3 is 14.9 Å². The molecule has 12 heteroatoms. The van der Waals surface area contributed by atoms with Gasteiger partial charge in [-0.15, -0.1) is 0 Å². The predicted molar refractivity (Wildman–Crippen MR) is 121 cm³/mol. The maximum absolute atomic E-state index is 13.9. The molecular formula is C24H25F4N5O3. The monoisotopic (exact) mass is 507 g/mol. The number of alkyl halides is 3. The van der Waals surface area contributed by atoms with Crippen molar-refractivity contribution in [3.05, 3.63) is 53.6 Å². The van der Waals surface area contributed by atoms with Crippen LogP contribution in [0.1, 0.15) is 43.7 Å². The minimum Gasteiger partial charge on any atom is -0.381 e. The zero-order valence-electron chi connectivity index (χ0n) is 20.1. The number of aliphatic hydroxyl groups is 1. The van der Waals surface area contributed by atoms with Crippen molar-refractivity contribution in [1.29, 1.82) is 0 Å². The first-order valence-electron chi connectivity index (χ1n) is 11.2. The lowest BCUT2D eigenvalue weighted by atomic mass is 9.96. The molecule has 0 spiro atoms. The summed E-state index contributed by atoms with van der Waals surface area (Å²) < 4.78 is 55.8. The summed E-state index contributed by atoms with van der Waals surface area (Å²) in [6.45, 7) is 6.56. The van der Waals surface area contributed by atoms with Crippen molar-refractivity contribution in [2.24, 2.45) is 0 Å². The molecule has 0 aliphatic carbocycles. The normalized spacial score (nSPS) is 16.5. The zero-order chi connectivity index (χ0) is 26.6. The topological polar surface area (TPSA) is 91.0 Å². The van der Waals surface area contributed by atoms with Crippen LogP contribution >= 0.6 is 0 Å². The van der Waals surface area contributed by atoms with Gasteiger partial charge in [0, 0.05) is 25.2 Å². The Hall–Kier alpha value is -3.54. The first kappa shape index (κ1) is 25.5. The molecule has 1 aliphatic heterocycles. The summed E-state index contributed by atoms with van der Waals surface area (Å²) in [6.07, 6.45) is -3.66. The van der Waals surface area contributed by atoms with Gasteiger partial charge >= 0.3 is 6.18 Å². The highest BCUT2D eigenvalue weighted by molar-refractivity contribution is 5.94. The van der Waals surface area contributed by atoms with E-state index in [0.717, 1.165) is 28.9 Å². The first-order chi connectivity index (χ1) is 16.6. The Kier molecular flexibility index (Phi) is 6.06. The van der Waals surface area contributed by atoms with Crippen molar-refractivity contribution in [3.63, 3.8) is 0 Å². The molecule has 0 saturated carbocycles. The van der Waals surface area contributed by atoms with E-state index in [9.17, 15) is 32.3 Å². The van der Waals surface area contributed by atoms with Crippen LogP contribution in [0.4, 0.5) is 17.6 Å². The average Bonchev–Trinajstić information content (AvgIpc) is 3.20. The Bertz CT molecular complexity index is 1330. The van der Waals surface area contributed by atoms with Gasteiger partial charge in [-0.2, -0.15) is 18.3 Å². The smallest absolute Gasteiger partial charge is 0.381 e. The second-order valence-electron chi connectivity index (χ2n) is 9.90. The second-order valence-corrected chi connectivity index (χ2v) is 9.90. The largest absolute Gasteiger partial charge is 0.420 e. The second kappa shape index (κ2) is 8.54. The molecular weight excluding hydrogens is 482 g/mol. The summed E-state index contributed by atoms with van der Waals surface area (Å²) in [5, 5.41) is 14.2. The van der Waals surface area contributed by atoms with Gasteiger partial charge in [-0.05, 0) is 58.0 Å². The van der Waals surface area contributed by atoms with E-state index in [1.165, 1.54) is 35.8 Å². The van der Waals surface area contributed by atoms with Crippen LogP contribution in [0, 0.1) is 5.82 Å². The van der Waals surface area contributed by atoms with Crippen LogP contribution in [-0.4, -0.2) is 72.1 Å². The summed E-state index contributed by atoms with van der Waals surface area (Å²) >= 11 is 0. The fourth-order valence-electron chi connectivity index (χ4n) is 4.28. The molecule has 3 heterocycles. The number of nitrogens with zero attached hydrogens (tertiary/aromatic N) is 5. The van der Waals surface area contributed by atoms with Crippen LogP contribution in [0.2, 0.25) is 0 Å². The third-order valence-electron chi connectivity index (χ3n) is 6.05. The van der Waals surface area contributed by atoms with E-state index in [2.05, 4.69) is 10.1 Å². The Morgan fingerprint density at radius 3 is 2.28 bits per heavy atom. The summed E-state index contributed by atoms with van der Waals surface area (Å²) in [7, 11) is 0. The number of benzene rings is 1. The molecule has 36 heavy (non-hydrogen) atoms. The van der Waals surface area contributed by atoms with Crippen LogP contribution in [-0.2, 0) is 11.0 Å². The molecule has 0 bridgehead atoms. The van der Waals surface area contributed by atoms with Crippen LogP contribution < -0.4 is 0 Å². The van der Waals surface area contributed by atoms with Gasteiger partial charge in [-0.1, -0.05) is 0 Å². The van der Waals surface area contributed by atoms with E-state index in [-0.39, 0.29) is 36.6 Å². The first-order valence-corrected chi connectivity index (χ1v) is 11.2. The number of hydrogen-bond acceptors (Lipinski definition) is 5. The molecule has 1 fully saturated rings. The lowest BCUT2D eigenvalue weighted by molar-refractivity contribution is -0.152. The number of imidazole rings is 1. The summed E-state index contributed by atoms with van der Waals surface area (Å²) in [4.78, 5) is 32.7. The number of fused-ring (bicyclic) bond motifs is 1. The van der Waals surface area contributed by atoms with Gasteiger partial charge in [0.05, 0.1) is 17.4 Å². The molecule has 0 unspecified atom stereocenters. The lowest BCUT2D eigenvalue weighted by Gasteiger charge is -2.47. The number of amides is 2. The van der Waals surface area contributed by atoms with Crippen molar-refractivity contribution in [3.8, 4) is 11.3 Å². The molecule has 0 radical (unpaired) electrons. The van der Waals surface area contributed by atoms with E-state index in [0.29, 0.717) is 0 Å². The van der Waals surface area contributed by atoms with Gasteiger partial charge in [-0.3, -0.25) is 9.59 Å². The molecule has 0 atom stereocenters.